The number of aromatic nitrogens is 1. The Balaban J connectivity index is 3.51. The summed E-state index contributed by atoms with van der Waals surface area (Å²) < 4.78 is 52.4. The molecule has 1 rings (SSSR count). The highest BCUT2D eigenvalue weighted by Gasteiger charge is 2.49. The third kappa shape index (κ3) is 4.06. The minimum atomic E-state index is -3.02. The van der Waals surface area contributed by atoms with Gasteiger partial charge in [0.2, 0.25) is 6.43 Å². The van der Waals surface area contributed by atoms with Gasteiger partial charge in [-0.2, -0.15) is 0 Å². The van der Waals surface area contributed by atoms with Crippen LogP contribution in [0, 0.1) is 5.82 Å². The molecule has 0 aromatic carbocycles. The smallest absolute Gasteiger partial charge is 0.249 e. The first kappa shape index (κ1) is 19.5. The Morgan fingerprint density at radius 3 is 2.50 bits per heavy atom. The van der Waals surface area contributed by atoms with Gasteiger partial charge in [0.15, 0.2) is 0 Å². The molecule has 126 valence electrons. The number of rotatable bonds is 7. The van der Waals surface area contributed by atoms with Crippen molar-refractivity contribution in [2.24, 2.45) is 5.14 Å². The molecule has 0 amide bonds. The van der Waals surface area contributed by atoms with Crippen molar-refractivity contribution in [3.8, 4) is 0 Å². The number of aliphatic hydroxyl groups is 1. The van der Waals surface area contributed by atoms with Gasteiger partial charge in [0, 0.05) is 6.61 Å². The second kappa shape index (κ2) is 7.37. The van der Waals surface area contributed by atoms with Crippen molar-refractivity contribution in [1.82, 2.24) is 4.98 Å². The van der Waals surface area contributed by atoms with Gasteiger partial charge in [0.1, 0.15) is 10.4 Å². The van der Waals surface area contributed by atoms with Gasteiger partial charge < -0.3 is 5.11 Å². The van der Waals surface area contributed by atoms with Crippen LogP contribution in [0.2, 0.25) is 0 Å². The van der Waals surface area contributed by atoms with E-state index >= 15 is 0 Å². The van der Waals surface area contributed by atoms with Crippen LogP contribution in [-0.2, 0) is 16.4 Å². The Kier molecular flexibility index (Phi) is 6.55. The molecular formula is C13H18BrF3N2O2S. The summed E-state index contributed by atoms with van der Waals surface area (Å²) in [5.74, 6) is -0.907. The maximum absolute atomic E-state index is 14.1. The van der Waals surface area contributed by atoms with Crippen molar-refractivity contribution < 1.29 is 22.5 Å². The molecule has 1 unspecified atom stereocenters. The molecule has 0 spiro atoms. The van der Waals surface area contributed by atoms with Crippen LogP contribution in [0.25, 0.3) is 0 Å². The number of alkyl halides is 2. The lowest BCUT2D eigenvalue weighted by Gasteiger charge is -2.38. The standard InChI is InChI=1S/C13H18BrF3N2O2S/c1-12(2,22(18)21)7-13(5-6-20,11(16)17)10-8(15)3-4-9(14)19-10/h3-4,11,20H,5-7,18H2,1-2H3/t13-,22?/m0/s1. The van der Waals surface area contributed by atoms with E-state index in [9.17, 15) is 22.5 Å². The molecule has 4 nitrogen and oxygen atoms in total. The van der Waals surface area contributed by atoms with E-state index in [1.54, 1.807) is 0 Å². The maximum atomic E-state index is 14.1. The van der Waals surface area contributed by atoms with E-state index in [1.807, 2.05) is 0 Å². The van der Waals surface area contributed by atoms with Crippen LogP contribution in [0.1, 0.15) is 32.4 Å². The molecule has 0 saturated carbocycles. The SMILES string of the molecule is CC(C)(C[C@@](CCO)(c1nc(Br)ccc1F)C(F)F)S(N)=O. The Morgan fingerprint density at radius 1 is 1.45 bits per heavy atom. The maximum Gasteiger partial charge on any atom is 0.249 e. The third-order valence-corrected chi connectivity index (χ3v) is 5.22. The van der Waals surface area contributed by atoms with E-state index in [0.717, 1.165) is 6.07 Å². The average Bonchev–Trinajstić information content (AvgIpc) is 2.40. The zero-order valence-corrected chi connectivity index (χ0v) is 14.6. The number of pyridine rings is 1. The van der Waals surface area contributed by atoms with Crippen LogP contribution in [0.4, 0.5) is 13.2 Å². The second-order valence-electron chi connectivity index (χ2n) is 5.63. The van der Waals surface area contributed by atoms with Gasteiger partial charge in [-0.3, -0.25) is 5.14 Å². The topological polar surface area (TPSA) is 76.2 Å². The predicted octanol–water partition coefficient (Wildman–Crippen LogP) is 2.66. The van der Waals surface area contributed by atoms with E-state index in [0.29, 0.717) is 0 Å². The summed E-state index contributed by atoms with van der Waals surface area (Å²) in [4.78, 5) is 3.84. The number of nitrogens with zero attached hydrogens (tertiary/aromatic N) is 1. The van der Waals surface area contributed by atoms with Crippen molar-refractivity contribution in [3.05, 3.63) is 28.2 Å². The van der Waals surface area contributed by atoms with Crippen molar-refractivity contribution in [2.45, 2.75) is 43.3 Å². The third-order valence-electron chi connectivity index (χ3n) is 3.55. The molecule has 0 aliphatic carbocycles. The highest BCUT2D eigenvalue weighted by atomic mass is 79.9. The van der Waals surface area contributed by atoms with Crippen LogP contribution >= 0.6 is 15.9 Å². The lowest BCUT2D eigenvalue weighted by atomic mass is 9.74. The van der Waals surface area contributed by atoms with E-state index in [2.05, 4.69) is 20.9 Å². The van der Waals surface area contributed by atoms with Gasteiger partial charge in [0.05, 0.1) is 26.8 Å². The Labute approximate surface area is 138 Å². The summed E-state index contributed by atoms with van der Waals surface area (Å²) in [5, 5.41) is 14.6. The fraction of sp³-hybridized carbons (Fsp3) is 0.615. The van der Waals surface area contributed by atoms with E-state index in [1.165, 1.54) is 19.9 Å². The summed E-state index contributed by atoms with van der Waals surface area (Å²) in [6.45, 7) is 2.31. The first-order valence-electron chi connectivity index (χ1n) is 6.44. The summed E-state index contributed by atoms with van der Waals surface area (Å²) >= 11 is 3.03. The summed E-state index contributed by atoms with van der Waals surface area (Å²) in [6, 6.07) is 2.31. The molecule has 9 heteroatoms. The van der Waals surface area contributed by atoms with Gasteiger partial charge >= 0.3 is 0 Å². The van der Waals surface area contributed by atoms with Crippen LogP contribution in [0.5, 0.6) is 0 Å². The van der Waals surface area contributed by atoms with Crippen molar-refractivity contribution >= 4 is 26.9 Å². The number of aliphatic hydroxyl groups excluding tert-OH is 1. The Morgan fingerprint density at radius 2 is 2.05 bits per heavy atom. The molecule has 0 radical (unpaired) electrons. The molecule has 0 bridgehead atoms. The molecular weight excluding hydrogens is 385 g/mol. The molecule has 1 aromatic heterocycles. The number of nitrogens with two attached hydrogens (primary N) is 1. The summed E-state index contributed by atoms with van der Waals surface area (Å²) in [5.41, 5.74) is -2.55. The molecule has 0 aliphatic heterocycles. The molecule has 1 heterocycles. The van der Waals surface area contributed by atoms with Crippen molar-refractivity contribution in [1.29, 1.82) is 0 Å². The molecule has 1 aromatic rings. The monoisotopic (exact) mass is 402 g/mol. The van der Waals surface area contributed by atoms with Crippen LogP contribution in [-0.4, -0.2) is 32.1 Å². The highest BCUT2D eigenvalue weighted by Crippen LogP contribution is 2.43. The lowest BCUT2D eigenvalue weighted by molar-refractivity contribution is 0.0177. The van der Waals surface area contributed by atoms with E-state index in [-0.39, 0.29) is 11.0 Å². The molecule has 0 aliphatic rings. The van der Waals surface area contributed by atoms with Crippen LogP contribution < -0.4 is 5.14 Å². The highest BCUT2D eigenvalue weighted by molar-refractivity contribution is 9.10. The molecule has 0 saturated heterocycles. The number of hydrogen-bond donors (Lipinski definition) is 2. The van der Waals surface area contributed by atoms with Gasteiger partial charge in [-0.05, 0) is 54.8 Å². The lowest BCUT2D eigenvalue weighted by Crippen LogP contribution is -2.46. The quantitative estimate of drug-likeness (QED) is 0.688. The fourth-order valence-electron chi connectivity index (χ4n) is 2.38. The largest absolute Gasteiger partial charge is 0.396 e. The van der Waals surface area contributed by atoms with Gasteiger partial charge in [-0.15, -0.1) is 0 Å². The van der Waals surface area contributed by atoms with Crippen molar-refractivity contribution in [2.75, 3.05) is 6.61 Å². The number of hydrogen-bond acceptors (Lipinski definition) is 3. The predicted molar refractivity (Wildman–Crippen MR) is 82.3 cm³/mol. The average molecular weight is 403 g/mol. The Hall–Kier alpha value is -0.510. The van der Waals surface area contributed by atoms with Crippen LogP contribution in [0.3, 0.4) is 0 Å². The Bertz CT molecular complexity index is 560. The van der Waals surface area contributed by atoms with E-state index < -0.39 is 52.1 Å². The molecule has 22 heavy (non-hydrogen) atoms. The summed E-state index contributed by atoms with van der Waals surface area (Å²) in [7, 11) is -1.91. The van der Waals surface area contributed by atoms with Gasteiger partial charge in [-0.25, -0.2) is 22.4 Å². The van der Waals surface area contributed by atoms with Gasteiger partial charge in [-0.1, -0.05) is 0 Å². The molecule has 0 fully saturated rings. The normalized spacial score (nSPS) is 16.6. The first-order valence-corrected chi connectivity index (χ1v) is 8.45. The minimum absolute atomic E-state index is 0.193. The molecule has 3 N–H and O–H groups in total. The van der Waals surface area contributed by atoms with Crippen LogP contribution in [0.15, 0.2) is 16.7 Å². The zero-order valence-electron chi connectivity index (χ0n) is 12.2. The molecule has 2 atom stereocenters. The second-order valence-corrected chi connectivity index (χ2v) is 8.14. The summed E-state index contributed by atoms with van der Waals surface area (Å²) in [6.07, 6.45) is -3.83. The number of halogens is 4. The van der Waals surface area contributed by atoms with E-state index in [4.69, 9.17) is 5.14 Å². The van der Waals surface area contributed by atoms with Gasteiger partial charge in [0.25, 0.3) is 0 Å². The van der Waals surface area contributed by atoms with Crippen molar-refractivity contribution in [3.63, 3.8) is 0 Å². The minimum Gasteiger partial charge on any atom is -0.396 e. The zero-order chi connectivity index (χ0) is 17.1. The first-order chi connectivity index (χ1) is 10.1. The fourth-order valence-corrected chi connectivity index (χ4v) is 3.09.